The molecule has 0 aliphatic rings. The molecule has 7 nitrogen and oxygen atoms in total. The molecule has 29 heavy (non-hydrogen) atoms. The van der Waals surface area contributed by atoms with E-state index in [2.05, 4.69) is 15.3 Å². The molecule has 0 unspecified atom stereocenters. The maximum absolute atomic E-state index is 12.3. The Bertz CT molecular complexity index is 1030. The van der Waals surface area contributed by atoms with Gasteiger partial charge in [-0.3, -0.25) is 19.1 Å². The van der Waals surface area contributed by atoms with Crippen LogP contribution in [0.15, 0.2) is 72.1 Å². The van der Waals surface area contributed by atoms with Gasteiger partial charge in [0.1, 0.15) is 5.75 Å². The molecule has 0 saturated carbocycles. The standard InChI is InChI=1S/C22H22N4O3/c1-2-29-19-8-6-18(7-9-19)20-14-22(28)26(16-25-20)13-12-24-21(27)10-5-17-4-3-11-23-15-17/h3-11,14-16H,2,12-13H2,1H3,(H,24,27)/b10-5+. The van der Waals surface area contributed by atoms with E-state index in [1.54, 1.807) is 24.5 Å². The molecule has 2 aromatic heterocycles. The van der Waals surface area contributed by atoms with Gasteiger partial charge in [0.15, 0.2) is 0 Å². The number of rotatable bonds is 8. The van der Waals surface area contributed by atoms with Gasteiger partial charge in [0.2, 0.25) is 5.91 Å². The number of amides is 1. The summed E-state index contributed by atoms with van der Waals surface area (Å²) in [6.45, 7) is 3.18. The second-order valence-electron chi connectivity index (χ2n) is 6.17. The van der Waals surface area contributed by atoms with E-state index in [0.717, 1.165) is 16.9 Å². The molecule has 0 saturated heterocycles. The summed E-state index contributed by atoms with van der Waals surface area (Å²) in [5.41, 5.74) is 2.10. The second-order valence-corrected chi connectivity index (χ2v) is 6.17. The third-order valence-corrected chi connectivity index (χ3v) is 4.10. The Morgan fingerprint density at radius 3 is 2.76 bits per heavy atom. The van der Waals surface area contributed by atoms with Crippen molar-refractivity contribution in [2.75, 3.05) is 13.2 Å². The highest BCUT2D eigenvalue weighted by molar-refractivity contribution is 5.91. The zero-order valence-corrected chi connectivity index (χ0v) is 16.1. The molecule has 7 heteroatoms. The van der Waals surface area contributed by atoms with Gasteiger partial charge < -0.3 is 10.1 Å². The van der Waals surface area contributed by atoms with Crippen molar-refractivity contribution in [3.05, 3.63) is 83.2 Å². The molecule has 1 amide bonds. The Hall–Kier alpha value is -3.74. The zero-order valence-electron chi connectivity index (χ0n) is 16.1. The number of aromatic nitrogens is 3. The number of ether oxygens (including phenoxy) is 1. The largest absolute Gasteiger partial charge is 0.494 e. The van der Waals surface area contributed by atoms with Crippen molar-refractivity contribution in [3.63, 3.8) is 0 Å². The van der Waals surface area contributed by atoms with E-state index >= 15 is 0 Å². The fraction of sp³-hybridized carbons (Fsp3) is 0.182. The Morgan fingerprint density at radius 2 is 2.07 bits per heavy atom. The summed E-state index contributed by atoms with van der Waals surface area (Å²) in [4.78, 5) is 32.5. The lowest BCUT2D eigenvalue weighted by Crippen LogP contribution is -2.29. The highest BCUT2D eigenvalue weighted by Gasteiger charge is 2.04. The van der Waals surface area contributed by atoms with Crippen LogP contribution in [0.25, 0.3) is 17.3 Å². The minimum Gasteiger partial charge on any atom is -0.494 e. The van der Waals surface area contributed by atoms with E-state index in [1.807, 2.05) is 37.3 Å². The van der Waals surface area contributed by atoms with Crippen LogP contribution in [0.5, 0.6) is 5.75 Å². The second kappa shape index (κ2) is 9.98. The first-order chi connectivity index (χ1) is 14.2. The van der Waals surface area contributed by atoms with Gasteiger partial charge in [0, 0.05) is 43.2 Å². The normalized spacial score (nSPS) is 10.8. The van der Waals surface area contributed by atoms with E-state index in [0.29, 0.717) is 25.4 Å². The van der Waals surface area contributed by atoms with Crippen LogP contribution in [-0.4, -0.2) is 33.6 Å². The van der Waals surface area contributed by atoms with E-state index in [-0.39, 0.29) is 11.5 Å². The molecule has 2 heterocycles. The molecule has 0 atom stereocenters. The van der Waals surface area contributed by atoms with Crippen LogP contribution >= 0.6 is 0 Å². The molecule has 1 N–H and O–H groups in total. The first-order valence-electron chi connectivity index (χ1n) is 9.31. The van der Waals surface area contributed by atoms with Gasteiger partial charge in [-0.2, -0.15) is 0 Å². The van der Waals surface area contributed by atoms with Gasteiger partial charge in [-0.05, 0) is 48.9 Å². The summed E-state index contributed by atoms with van der Waals surface area (Å²) < 4.78 is 6.88. The number of benzene rings is 1. The fourth-order valence-electron chi connectivity index (χ4n) is 2.65. The van der Waals surface area contributed by atoms with Gasteiger partial charge in [0.05, 0.1) is 18.6 Å². The minimum atomic E-state index is -0.235. The van der Waals surface area contributed by atoms with Gasteiger partial charge >= 0.3 is 0 Å². The lowest BCUT2D eigenvalue weighted by Gasteiger charge is -2.08. The van der Waals surface area contributed by atoms with E-state index < -0.39 is 0 Å². The zero-order chi connectivity index (χ0) is 20.5. The maximum Gasteiger partial charge on any atom is 0.253 e. The van der Waals surface area contributed by atoms with Crippen molar-refractivity contribution < 1.29 is 9.53 Å². The number of pyridine rings is 1. The van der Waals surface area contributed by atoms with Crippen molar-refractivity contribution in [1.82, 2.24) is 19.9 Å². The summed E-state index contributed by atoms with van der Waals surface area (Å²) in [5, 5.41) is 2.75. The van der Waals surface area contributed by atoms with Crippen LogP contribution in [0.2, 0.25) is 0 Å². The smallest absolute Gasteiger partial charge is 0.253 e. The summed E-state index contributed by atoms with van der Waals surface area (Å²) in [5.74, 6) is 0.541. The molecular formula is C22H22N4O3. The Kier molecular flexibility index (Phi) is 6.89. The molecular weight excluding hydrogens is 368 g/mol. The predicted molar refractivity (Wildman–Crippen MR) is 111 cm³/mol. The topological polar surface area (TPSA) is 86.1 Å². The maximum atomic E-state index is 12.3. The van der Waals surface area contributed by atoms with Crippen LogP contribution in [0.1, 0.15) is 12.5 Å². The Balaban J connectivity index is 1.54. The fourth-order valence-corrected chi connectivity index (χ4v) is 2.65. The van der Waals surface area contributed by atoms with Gasteiger partial charge in [-0.25, -0.2) is 4.98 Å². The number of nitrogens with zero attached hydrogens (tertiary/aromatic N) is 3. The van der Waals surface area contributed by atoms with E-state index in [9.17, 15) is 9.59 Å². The van der Waals surface area contributed by atoms with Crippen LogP contribution in [0.3, 0.4) is 0 Å². The predicted octanol–water partition coefficient (Wildman–Crippen LogP) is 2.53. The van der Waals surface area contributed by atoms with Gasteiger partial charge in [-0.15, -0.1) is 0 Å². The SMILES string of the molecule is CCOc1ccc(-c2cc(=O)n(CCNC(=O)/C=C/c3cccnc3)cn2)cc1. The first kappa shape index (κ1) is 20.0. The number of hydrogen-bond acceptors (Lipinski definition) is 5. The lowest BCUT2D eigenvalue weighted by molar-refractivity contribution is -0.116. The molecule has 148 valence electrons. The number of carbonyl (C=O) groups excluding carboxylic acids is 1. The monoisotopic (exact) mass is 390 g/mol. The number of hydrogen-bond donors (Lipinski definition) is 1. The van der Waals surface area contributed by atoms with Gasteiger partial charge in [-0.1, -0.05) is 6.07 Å². The summed E-state index contributed by atoms with van der Waals surface area (Å²) in [6.07, 6.45) is 7.95. The molecule has 0 aliphatic heterocycles. The average molecular weight is 390 g/mol. The Morgan fingerprint density at radius 1 is 1.24 bits per heavy atom. The third-order valence-electron chi connectivity index (χ3n) is 4.10. The molecule has 0 fully saturated rings. The number of nitrogens with one attached hydrogen (secondary N) is 1. The molecule has 3 aromatic rings. The number of carbonyl (C=O) groups is 1. The summed E-state index contributed by atoms with van der Waals surface area (Å²) in [6, 6.07) is 12.6. The van der Waals surface area contributed by atoms with Crippen LogP contribution < -0.4 is 15.6 Å². The summed E-state index contributed by atoms with van der Waals surface area (Å²) in [7, 11) is 0. The molecule has 0 aliphatic carbocycles. The van der Waals surface area contributed by atoms with Crippen molar-refractivity contribution in [3.8, 4) is 17.0 Å². The van der Waals surface area contributed by atoms with Gasteiger partial charge in [0.25, 0.3) is 5.56 Å². The quantitative estimate of drug-likeness (QED) is 0.598. The first-order valence-corrected chi connectivity index (χ1v) is 9.31. The molecule has 0 bridgehead atoms. The third kappa shape index (κ3) is 5.87. The van der Waals surface area contributed by atoms with Crippen molar-refractivity contribution in [1.29, 1.82) is 0 Å². The molecule has 0 spiro atoms. The molecule has 1 aromatic carbocycles. The van der Waals surface area contributed by atoms with Crippen molar-refractivity contribution >= 4 is 12.0 Å². The average Bonchev–Trinajstić information content (AvgIpc) is 2.75. The Labute approximate surface area is 168 Å². The van der Waals surface area contributed by atoms with E-state index in [4.69, 9.17) is 4.74 Å². The molecule has 0 radical (unpaired) electrons. The van der Waals surface area contributed by atoms with Crippen molar-refractivity contribution in [2.45, 2.75) is 13.5 Å². The van der Waals surface area contributed by atoms with E-state index in [1.165, 1.54) is 23.0 Å². The molecule has 3 rings (SSSR count). The van der Waals surface area contributed by atoms with Crippen LogP contribution in [-0.2, 0) is 11.3 Å². The van der Waals surface area contributed by atoms with Crippen molar-refractivity contribution in [2.24, 2.45) is 0 Å². The highest BCUT2D eigenvalue weighted by atomic mass is 16.5. The minimum absolute atomic E-state index is 0.177. The highest BCUT2D eigenvalue weighted by Crippen LogP contribution is 2.19. The van der Waals surface area contributed by atoms with Crippen LogP contribution in [0, 0.1) is 0 Å². The summed E-state index contributed by atoms with van der Waals surface area (Å²) >= 11 is 0. The van der Waals surface area contributed by atoms with Crippen LogP contribution in [0.4, 0.5) is 0 Å². The lowest BCUT2D eigenvalue weighted by atomic mass is 10.1.